The molecule has 0 atom stereocenters. The van der Waals surface area contributed by atoms with E-state index in [1.807, 2.05) is 31.3 Å². The van der Waals surface area contributed by atoms with Crippen LogP contribution in [0.3, 0.4) is 0 Å². The maximum absolute atomic E-state index is 12.7. The van der Waals surface area contributed by atoms with Gasteiger partial charge in [0, 0.05) is 23.4 Å². The minimum atomic E-state index is -3.54. The summed E-state index contributed by atoms with van der Waals surface area (Å²) in [6.07, 6.45) is 1.64. The second-order valence-electron chi connectivity index (χ2n) is 8.08. The van der Waals surface area contributed by atoms with Crippen LogP contribution in [-0.2, 0) is 10.0 Å². The number of anilines is 2. The molecule has 3 aromatic rings. The summed E-state index contributed by atoms with van der Waals surface area (Å²) in [6.45, 7) is 2.02. The normalized spacial score (nSPS) is 16.9. The second-order valence-corrected chi connectivity index (χ2v) is 9.80. The largest absolute Gasteiger partial charge is 0.454 e. The summed E-state index contributed by atoms with van der Waals surface area (Å²) in [5.74, 6) is 2.12. The third kappa shape index (κ3) is 4.43. The van der Waals surface area contributed by atoms with Crippen LogP contribution in [-0.4, -0.2) is 56.5 Å². The number of H-pyrrole nitrogens is 1. The second kappa shape index (κ2) is 8.45. The standard InChI is InChI=1S/C22H25N5O4S/c1-27-10-8-17(9-11-27)26-32(28,29)18-5-3-16(4-6-18)23-22-13-19(24-25-22)15-2-7-20-21(12-15)31-14-30-20/h2-7,12-13,17,26H,8-11,14H2,1H3,(H2,23,24,25). The Morgan fingerprint density at radius 3 is 2.56 bits per heavy atom. The molecule has 0 spiro atoms. The van der Waals surface area contributed by atoms with Crippen molar-refractivity contribution in [2.75, 3.05) is 32.2 Å². The fraction of sp³-hybridized carbons (Fsp3) is 0.318. The minimum absolute atomic E-state index is 0.0198. The van der Waals surface area contributed by atoms with Crippen molar-refractivity contribution >= 4 is 21.5 Å². The number of ether oxygens (including phenoxy) is 2. The molecule has 168 valence electrons. The van der Waals surface area contributed by atoms with Gasteiger partial charge in [-0.25, -0.2) is 13.1 Å². The highest BCUT2D eigenvalue weighted by molar-refractivity contribution is 7.89. The molecule has 2 aliphatic rings. The van der Waals surface area contributed by atoms with E-state index in [2.05, 4.69) is 25.1 Å². The predicted molar refractivity (Wildman–Crippen MR) is 121 cm³/mol. The summed E-state index contributed by atoms with van der Waals surface area (Å²) in [6, 6.07) is 14.2. The summed E-state index contributed by atoms with van der Waals surface area (Å²) in [4.78, 5) is 2.46. The molecule has 0 radical (unpaired) electrons. The topological polar surface area (TPSA) is 109 Å². The zero-order valence-corrected chi connectivity index (χ0v) is 18.5. The van der Waals surface area contributed by atoms with E-state index in [0.29, 0.717) is 11.6 Å². The van der Waals surface area contributed by atoms with Gasteiger partial charge in [-0.2, -0.15) is 5.10 Å². The van der Waals surface area contributed by atoms with E-state index in [0.717, 1.165) is 48.6 Å². The lowest BCUT2D eigenvalue weighted by atomic mass is 10.1. The number of nitrogens with zero attached hydrogens (tertiary/aromatic N) is 2. The average Bonchev–Trinajstić information content (AvgIpc) is 3.44. The molecule has 0 unspecified atom stereocenters. The molecule has 1 saturated heterocycles. The molecule has 3 heterocycles. The van der Waals surface area contributed by atoms with E-state index >= 15 is 0 Å². The molecule has 3 N–H and O–H groups in total. The van der Waals surface area contributed by atoms with Crippen molar-refractivity contribution in [3.63, 3.8) is 0 Å². The van der Waals surface area contributed by atoms with Crippen LogP contribution in [0.4, 0.5) is 11.5 Å². The molecule has 9 nitrogen and oxygen atoms in total. The number of hydrogen-bond donors (Lipinski definition) is 3. The van der Waals surface area contributed by atoms with Gasteiger partial charge in [-0.15, -0.1) is 0 Å². The highest BCUT2D eigenvalue weighted by atomic mass is 32.2. The maximum atomic E-state index is 12.7. The Balaban J connectivity index is 1.24. The number of likely N-dealkylation sites (tertiary alicyclic amines) is 1. The smallest absolute Gasteiger partial charge is 0.240 e. The molecule has 2 aliphatic heterocycles. The number of aromatic nitrogens is 2. The van der Waals surface area contributed by atoms with E-state index in [9.17, 15) is 8.42 Å². The first-order chi connectivity index (χ1) is 15.5. The Labute approximate surface area is 186 Å². The van der Waals surface area contributed by atoms with E-state index in [1.165, 1.54) is 0 Å². The van der Waals surface area contributed by atoms with Crippen LogP contribution in [0.15, 0.2) is 53.4 Å². The van der Waals surface area contributed by atoms with E-state index in [-0.39, 0.29) is 17.7 Å². The van der Waals surface area contributed by atoms with Crippen LogP contribution in [0.1, 0.15) is 12.8 Å². The van der Waals surface area contributed by atoms with Crippen molar-refractivity contribution in [3.05, 3.63) is 48.5 Å². The third-order valence-corrected chi connectivity index (χ3v) is 7.27. The van der Waals surface area contributed by atoms with Gasteiger partial charge in [0.15, 0.2) is 11.5 Å². The van der Waals surface area contributed by atoms with Crippen LogP contribution >= 0.6 is 0 Å². The molecule has 0 aliphatic carbocycles. The molecular weight excluding hydrogens is 430 g/mol. The lowest BCUT2D eigenvalue weighted by Crippen LogP contribution is -2.43. The van der Waals surface area contributed by atoms with Crippen molar-refractivity contribution in [1.29, 1.82) is 0 Å². The molecule has 10 heteroatoms. The van der Waals surface area contributed by atoms with Gasteiger partial charge in [-0.1, -0.05) is 0 Å². The number of benzene rings is 2. The summed E-state index contributed by atoms with van der Waals surface area (Å²) < 4.78 is 39.0. The summed E-state index contributed by atoms with van der Waals surface area (Å²) >= 11 is 0. The zero-order chi connectivity index (χ0) is 22.1. The van der Waals surface area contributed by atoms with E-state index < -0.39 is 10.0 Å². The number of rotatable bonds is 6. The Bertz CT molecular complexity index is 1200. The summed E-state index contributed by atoms with van der Waals surface area (Å²) in [5.41, 5.74) is 2.41. The Morgan fingerprint density at radius 2 is 1.78 bits per heavy atom. The van der Waals surface area contributed by atoms with Gasteiger partial charge in [0.1, 0.15) is 5.82 Å². The minimum Gasteiger partial charge on any atom is -0.454 e. The molecule has 2 aromatic carbocycles. The van der Waals surface area contributed by atoms with Crippen molar-refractivity contribution in [2.24, 2.45) is 0 Å². The lowest BCUT2D eigenvalue weighted by Gasteiger charge is -2.29. The molecule has 0 amide bonds. The summed E-state index contributed by atoms with van der Waals surface area (Å²) in [5, 5.41) is 10.5. The van der Waals surface area contributed by atoms with Crippen molar-refractivity contribution in [1.82, 2.24) is 19.8 Å². The first-order valence-electron chi connectivity index (χ1n) is 10.5. The Morgan fingerprint density at radius 1 is 1.03 bits per heavy atom. The Hall–Kier alpha value is -3.08. The fourth-order valence-electron chi connectivity index (χ4n) is 3.88. The van der Waals surface area contributed by atoms with Crippen molar-refractivity contribution in [2.45, 2.75) is 23.8 Å². The molecule has 0 saturated carbocycles. The van der Waals surface area contributed by atoms with Gasteiger partial charge in [-0.3, -0.25) is 5.10 Å². The highest BCUT2D eigenvalue weighted by Gasteiger charge is 2.23. The highest BCUT2D eigenvalue weighted by Crippen LogP contribution is 2.36. The van der Waals surface area contributed by atoms with E-state index in [1.54, 1.807) is 24.3 Å². The average molecular weight is 456 g/mol. The molecular formula is C22H25N5O4S. The first kappa shape index (κ1) is 20.8. The Kier molecular flexibility index (Phi) is 5.50. The van der Waals surface area contributed by atoms with Crippen LogP contribution in [0, 0.1) is 0 Å². The van der Waals surface area contributed by atoms with Crippen LogP contribution in [0.5, 0.6) is 11.5 Å². The SMILES string of the molecule is CN1CCC(NS(=O)(=O)c2ccc(Nc3cc(-c4ccc5c(c4)OCO5)n[nH]3)cc2)CC1. The zero-order valence-electron chi connectivity index (χ0n) is 17.7. The number of piperidine rings is 1. The maximum Gasteiger partial charge on any atom is 0.240 e. The van der Waals surface area contributed by atoms with Crippen molar-refractivity contribution in [3.8, 4) is 22.8 Å². The number of aromatic amines is 1. The molecule has 1 aromatic heterocycles. The number of fused-ring (bicyclic) bond motifs is 1. The number of hydrogen-bond acceptors (Lipinski definition) is 7. The monoisotopic (exact) mass is 455 g/mol. The van der Waals surface area contributed by atoms with Gasteiger partial charge in [0.2, 0.25) is 16.8 Å². The quantitative estimate of drug-likeness (QED) is 0.524. The number of nitrogens with one attached hydrogen (secondary N) is 3. The lowest BCUT2D eigenvalue weighted by molar-refractivity contribution is 0.174. The number of sulfonamides is 1. The summed E-state index contributed by atoms with van der Waals surface area (Å²) in [7, 11) is -1.49. The van der Waals surface area contributed by atoms with Gasteiger partial charge >= 0.3 is 0 Å². The molecule has 32 heavy (non-hydrogen) atoms. The fourth-order valence-corrected chi connectivity index (χ4v) is 5.18. The molecule has 5 rings (SSSR count). The van der Waals surface area contributed by atoms with Gasteiger partial charge in [0.25, 0.3) is 0 Å². The van der Waals surface area contributed by atoms with Gasteiger partial charge in [-0.05, 0) is 75.4 Å². The predicted octanol–water partition coefficient (Wildman–Crippen LogP) is 2.92. The van der Waals surface area contributed by atoms with Gasteiger partial charge < -0.3 is 19.7 Å². The van der Waals surface area contributed by atoms with E-state index in [4.69, 9.17) is 9.47 Å². The molecule has 1 fully saturated rings. The van der Waals surface area contributed by atoms with Crippen molar-refractivity contribution < 1.29 is 17.9 Å². The van der Waals surface area contributed by atoms with Gasteiger partial charge in [0.05, 0.1) is 10.6 Å². The van der Waals surface area contributed by atoms with Crippen LogP contribution in [0.2, 0.25) is 0 Å². The third-order valence-electron chi connectivity index (χ3n) is 5.73. The molecule has 0 bridgehead atoms. The van der Waals surface area contributed by atoms with Crippen LogP contribution < -0.4 is 19.5 Å². The van der Waals surface area contributed by atoms with Crippen LogP contribution in [0.25, 0.3) is 11.3 Å². The first-order valence-corrected chi connectivity index (χ1v) is 12.0.